The average Bonchev–Trinajstić information content (AvgIpc) is 2.72. The number of benzene rings is 1. The number of rotatable bonds is 2. The lowest BCUT2D eigenvalue weighted by molar-refractivity contribution is 0.107. The summed E-state index contributed by atoms with van der Waals surface area (Å²) < 4.78 is 5.84. The maximum Gasteiger partial charge on any atom is 0.125 e. The zero-order chi connectivity index (χ0) is 15.3. The Morgan fingerprint density at radius 2 is 2.10 bits per heavy atom. The molecule has 1 aliphatic carbocycles. The molecule has 3 rings (SSSR count). The molecule has 2 unspecified atom stereocenters. The highest BCUT2D eigenvalue weighted by atomic mass is 35.5. The normalized spacial score (nSPS) is 30.8. The van der Waals surface area contributed by atoms with Crippen LogP contribution in [-0.2, 0) is 12.8 Å². The fourth-order valence-corrected chi connectivity index (χ4v) is 5.06. The zero-order valence-corrected chi connectivity index (χ0v) is 14.1. The Hall–Kier alpha value is -0.730. The molecule has 3 heteroatoms. The van der Waals surface area contributed by atoms with E-state index in [9.17, 15) is 0 Å². The molecular weight excluding hydrogens is 282 g/mol. The van der Waals surface area contributed by atoms with Crippen LogP contribution in [0.2, 0.25) is 5.02 Å². The molecule has 2 aliphatic rings. The smallest absolute Gasteiger partial charge is 0.125 e. The molecule has 116 valence electrons. The van der Waals surface area contributed by atoms with Crippen LogP contribution in [0.5, 0.6) is 5.75 Å². The maximum absolute atomic E-state index is 6.80. The molecule has 0 saturated heterocycles. The molecule has 1 heterocycles. The third kappa shape index (κ3) is 3.22. The summed E-state index contributed by atoms with van der Waals surface area (Å²) in [7, 11) is 0. The van der Waals surface area contributed by atoms with E-state index < -0.39 is 0 Å². The summed E-state index contributed by atoms with van der Waals surface area (Å²) in [6.45, 7) is 7.76. The lowest BCUT2D eigenvalue weighted by atomic mass is 9.63. The molecule has 2 nitrogen and oxygen atoms in total. The fraction of sp³-hybridized carbons (Fsp3) is 0.667. The van der Waals surface area contributed by atoms with E-state index in [-0.39, 0.29) is 5.54 Å². The SMILES string of the molecule is CC1CC(C)(C)CC(N)(Cc2cc(Cl)cc3c2OCC3)C1. The van der Waals surface area contributed by atoms with Gasteiger partial charge in [-0.05, 0) is 60.3 Å². The molecule has 1 fully saturated rings. The molecule has 1 saturated carbocycles. The van der Waals surface area contributed by atoms with E-state index in [0.717, 1.165) is 43.1 Å². The van der Waals surface area contributed by atoms with Crippen LogP contribution >= 0.6 is 11.6 Å². The fourth-order valence-electron chi connectivity index (χ4n) is 4.80. The van der Waals surface area contributed by atoms with Crippen LogP contribution in [0.1, 0.15) is 51.2 Å². The minimum absolute atomic E-state index is 0.147. The van der Waals surface area contributed by atoms with Gasteiger partial charge in [-0.1, -0.05) is 32.4 Å². The van der Waals surface area contributed by atoms with E-state index in [4.69, 9.17) is 22.1 Å². The van der Waals surface area contributed by atoms with Crippen LogP contribution in [0.15, 0.2) is 12.1 Å². The number of halogens is 1. The molecule has 21 heavy (non-hydrogen) atoms. The highest BCUT2D eigenvalue weighted by Gasteiger charge is 2.41. The quantitative estimate of drug-likeness (QED) is 0.881. The summed E-state index contributed by atoms with van der Waals surface area (Å²) in [6, 6.07) is 4.08. The van der Waals surface area contributed by atoms with Crippen molar-refractivity contribution in [3.05, 3.63) is 28.3 Å². The Morgan fingerprint density at radius 1 is 1.33 bits per heavy atom. The van der Waals surface area contributed by atoms with Gasteiger partial charge in [-0.2, -0.15) is 0 Å². The lowest BCUT2D eigenvalue weighted by Crippen LogP contribution is -2.50. The Kier molecular flexibility index (Phi) is 3.74. The summed E-state index contributed by atoms with van der Waals surface area (Å²) in [6.07, 6.45) is 5.23. The van der Waals surface area contributed by atoms with Crippen molar-refractivity contribution in [2.45, 2.75) is 58.4 Å². The van der Waals surface area contributed by atoms with Gasteiger partial charge in [0.1, 0.15) is 5.75 Å². The molecule has 2 N–H and O–H groups in total. The highest BCUT2D eigenvalue weighted by molar-refractivity contribution is 6.30. The van der Waals surface area contributed by atoms with Gasteiger partial charge < -0.3 is 10.5 Å². The zero-order valence-electron chi connectivity index (χ0n) is 13.3. The van der Waals surface area contributed by atoms with E-state index in [1.54, 1.807) is 0 Å². The summed E-state index contributed by atoms with van der Waals surface area (Å²) in [5, 5.41) is 0.806. The van der Waals surface area contributed by atoms with Crippen LogP contribution in [0.25, 0.3) is 0 Å². The van der Waals surface area contributed by atoms with Gasteiger partial charge in [0.15, 0.2) is 0 Å². The minimum atomic E-state index is -0.147. The van der Waals surface area contributed by atoms with E-state index in [0.29, 0.717) is 11.3 Å². The van der Waals surface area contributed by atoms with Gasteiger partial charge in [0.25, 0.3) is 0 Å². The standard InChI is InChI=1S/C18H26ClNO/c1-12-8-17(2,3)11-18(20,9-12)10-14-7-15(19)6-13-4-5-21-16(13)14/h6-7,12H,4-5,8-11,20H2,1-3H3. The molecule has 1 aromatic carbocycles. The first kappa shape index (κ1) is 15.2. The van der Waals surface area contributed by atoms with Crippen molar-refractivity contribution >= 4 is 11.6 Å². The second-order valence-corrected chi connectivity index (χ2v) is 8.48. The Labute approximate surface area is 133 Å². The number of ether oxygens (including phenoxy) is 1. The van der Waals surface area contributed by atoms with Crippen molar-refractivity contribution in [1.29, 1.82) is 0 Å². The van der Waals surface area contributed by atoms with E-state index in [2.05, 4.69) is 20.8 Å². The molecule has 1 aromatic rings. The third-order valence-electron chi connectivity index (χ3n) is 4.85. The van der Waals surface area contributed by atoms with Gasteiger partial charge in [0.05, 0.1) is 6.61 Å². The van der Waals surface area contributed by atoms with Crippen molar-refractivity contribution in [3.8, 4) is 5.75 Å². The van der Waals surface area contributed by atoms with Gasteiger partial charge in [-0.3, -0.25) is 0 Å². The molecule has 1 aliphatic heterocycles. The summed E-state index contributed by atoms with van der Waals surface area (Å²) in [5.41, 5.74) is 9.41. The van der Waals surface area contributed by atoms with Gasteiger partial charge >= 0.3 is 0 Å². The third-order valence-corrected chi connectivity index (χ3v) is 5.07. The lowest BCUT2D eigenvalue weighted by Gasteiger charge is -2.46. The number of hydrogen-bond donors (Lipinski definition) is 1. The Morgan fingerprint density at radius 3 is 2.81 bits per heavy atom. The maximum atomic E-state index is 6.80. The van der Waals surface area contributed by atoms with Gasteiger partial charge in [-0.15, -0.1) is 0 Å². The van der Waals surface area contributed by atoms with Gasteiger partial charge in [-0.25, -0.2) is 0 Å². The average molecular weight is 308 g/mol. The molecule has 0 aromatic heterocycles. The van der Waals surface area contributed by atoms with Crippen LogP contribution in [0.3, 0.4) is 0 Å². The first-order chi connectivity index (χ1) is 9.76. The van der Waals surface area contributed by atoms with Crippen molar-refractivity contribution in [2.24, 2.45) is 17.1 Å². The topological polar surface area (TPSA) is 35.2 Å². The first-order valence-corrected chi connectivity index (χ1v) is 8.37. The van der Waals surface area contributed by atoms with Crippen molar-refractivity contribution in [3.63, 3.8) is 0 Å². The van der Waals surface area contributed by atoms with E-state index in [1.807, 2.05) is 12.1 Å². The summed E-state index contributed by atoms with van der Waals surface area (Å²) in [5.74, 6) is 1.71. The second kappa shape index (κ2) is 5.17. The van der Waals surface area contributed by atoms with Crippen LogP contribution in [0.4, 0.5) is 0 Å². The number of fused-ring (bicyclic) bond motifs is 1. The van der Waals surface area contributed by atoms with E-state index in [1.165, 1.54) is 17.5 Å². The van der Waals surface area contributed by atoms with Crippen LogP contribution in [-0.4, -0.2) is 12.1 Å². The molecule has 0 bridgehead atoms. The number of hydrogen-bond acceptors (Lipinski definition) is 2. The second-order valence-electron chi connectivity index (χ2n) is 8.05. The first-order valence-electron chi connectivity index (χ1n) is 7.99. The summed E-state index contributed by atoms with van der Waals surface area (Å²) in [4.78, 5) is 0. The molecular formula is C18H26ClNO. The van der Waals surface area contributed by atoms with Crippen molar-refractivity contribution in [2.75, 3.05) is 6.61 Å². The highest BCUT2D eigenvalue weighted by Crippen LogP contribution is 2.45. The van der Waals surface area contributed by atoms with Crippen LogP contribution < -0.4 is 10.5 Å². The molecule has 0 amide bonds. The predicted octanol–water partition coefficient (Wildman–Crippen LogP) is 4.36. The Bertz CT molecular complexity index is 554. The summed E-state index contributed by atoms with van der Waals surface area (Å²) >= 11 is 6.28. The van der Waals surface area contributed by atoms with Crippen LogP contribution in [0, 0.1) is 11.3 Å². The minimum Gasteiger partial charge on any atom is -0.493 e. The van der Waals surface area contributed by atoms with E-state index >= 15 is 0 Å². The molecule has 0 spiro atoms. The van der Waals surface area contributed by atoms with Gasteiger partial charge in [0.2, 0.25) is 0 Å². The van der Waals surface area contributed by atoms with Crippen molar-refractivity contribution < 1.29 is 4.74 Å². The molecule has 2 atom stereocenters. The van der Waals surface area contributed by atoms with Gasteiger partial charge in [0, 0.05) is 17.0 Å². The monoisotopic (exact) mass is 307 g/mol. The van der Waals surface area contributed by atoms with Crippen molar-refractivity contribution in [1.82, 2.24) is 0 Å². The molecule has 0 radical (unpaired) electrons. The predicted molar refractivity (Wildman–Crippen MR) is 88.1 cm³/mol. The number of nitrogens with two attached hydrogens (primary N) is 1. The largest absolute Gasteiger partial charge is 0.493 e. The Balaban J connectivity index is 1.89.